The molecule has 118 valence electrons. The minimum Gasteiger partial charge on any atom is -0.444 e. The van der Waals surface area contributed by atoms with Crippen LogP contribution in [0.5, 0.6) is 11.5 Å². The van der Waals surface area contributed by atoms with Crippen molar-refractivity contribution in [2.24, 2.45) is 0 Å². The maximum atomic E-state index is 12.6. The quantitative estimate of drug-likeness (QED) is 0.698. The number of hydrogen-bond acceptors (Lipinski definition) is 5. The van der Waals surface area contributed by atoms with E-state index in [4.69, 9.17) is 14.2 Å². The maximum absolute atomic E-state index is 12.6. The zero-order chi connectivity index (χ0) is 16.4. The SMILES string of the molecule is O=C1C=CC2(Oc3cccc4cccc(c34)O2)C2(CC=CC2=O)O1. The van der Waals surface area contributed by atoms with Crippen molar-refractivity contribution in [3.05, 3.63) is 60.7 Å². The third kappa shape index (κ3) is 1.49. The van der Waals surface area contributed by atoms with Crippen LogP contribution in [0.15, 0.2) is 60.7 Å². The standard InChI is InChI=1S/C19H12O5/c20-15-8-3-10-18(15)19(11-9-16(21)24-18)22-13-6-1-4-12-5-2-7-14(23-19)17(12)13/h1-9,11H,10H2. The summed E-state index contributed by atoms with van der Waals surface area (Å²) in [6.45, 7) is 0. The molecule has 5 heteroatoms. The van der Waals surface area contributed by atoms with Crippen LogP contribution in [0.2, 0.25) is 0 Å². The van der Waals surface area contributed by atoms with E-state index >= 15 is 0 Å². The fraction of sp³-hybridized carbons (Fsp3) is 0.158. The summed E-state index contributed by atoms with van der Waals surface area (Å²) < 4.78 is 17.7. The lowest BCUT2D eigenvalue weighted by Gasteiger charge is -2.47. The van der Waals surface area contributed by atoms with Gasteiger partial charge in [0.1, 0.15) is 11.5 Å². The molecule has 1 aliphatic carbocycles. The second kappa shape index (κ2) is 4.26. The van der Waals surface area contributed by atoms with E-state index in [1.165, 1.54) is 18.2 Å². The second-order valence-corrected chi connectivity index (χ2v) is 6.03. The Kier molecular flexibility index (Phi) is 2.37. The van der Waals surface area contributed by atoms with Crippen LogP contribution in [0, 0.1) is 0 Å². The first-order valence-electron chi connectivity index (χ1n) is 7.67. The summed E-state index contributed by atoms with van der Waals surface area (Å²) in [6, 6.07) is 11.3. The molecule has 5 nitrogen and oxygen atoms in total. The normalized spacial score (nSPS) is 25.8. The molecule has 2 aromatic carbocycles. The van der Waals surface area contributed by atoms with Gasteiger partial charge in [-0.05, 0) is 23.6 Å². The highest BCUT2D eigenvalue weighted by Gasteiger charge is 2.66. The fourth-order valence-corrected chi connectivity index (χ4v) is 3.59. The van der Waals surface area contributed by atoms with Crippen molar-refractivity contribution in [3.8, 4) is 11.5 Å². The number of benzene rings is 2. The predicted octanol–water partition coefficient (Wildman–Crippen LogP) is 2.69. The molecule has 0 saturated carbocycles. The Balaban J connectivity index is 1.76. The number of carbonyl (C=O) groups excluding carboxylic acids is 2. The van der Waals surface area contributed by atoms with Gasteiger partial charge >= 0.3 is 11.8 Å². The molecule has 0 N–H and O–H groups in total. The van der Waals surface area contributed by atoms with Gasteiger partial charge in [-0.25, -0.2) is 4.79 Å². The largest absolute Gasteiger partial charge is 0.444 e. The van der Waals surface area contributed by atoms with Crippen LogP contribution in [-0.2, 0) is 14.3 Å². The highest BCUT2D eigenvalue weighted by Crippen LogP contribution is 2.49. The first kappa shape index (κ1) is 13.4. The Morgan fingerprint density at radius 3 is 2.21 bits per heavy atom. The van der Waals surface area contributed by atoms with Crippen LogP contribution >= 0.6 is 0 Å². The Bertz CT molecular complexity index is 930. The lowest BCUT2D eigenvalue weighted by Crippen LogP contribution is -2.67. The van der Waals surface area contributed by atoms with Crippen LogP contribution < -0.4 is 9.47 Å². The minimum absolute atomic E-state index is 0.208. The number of rotatable bonds is 0. The van der Waals surface area contributed by atoms with Gasteiger partial charge in [0.05, 0.1) is 5.39 Å². The van der Waals surface area contributed by atoms with Gasteiger partial charge in [0, 0.05) is 18.6 Å². The van der Waals surface area contributed by atoms with Crippen LogP contribution in [0.3, 0.4) is 0 Å². The third-order valence-corrected chi connectivity index (χ3v) is 4.70. The van der Waals surface area contributed by atoms with Gasteiger partial charge in [-0.15, -0.1) is 0 Å². The Labute approximate surface area is 137 Å². The van der Waals surface area contributed by atoms with Crippen LogP contribution in [-0.4, -0.2) is 23.1 Å². The molecule has 0 bridgehead atoms. The van der Waals surface area contributed by atoms with Crippen molar-refractivity contribution < 1.29 is 23.8 Å². The first-order valence-corrected chi connectivity index (χ1v) is 7.67. The van der Waals surface area contributed by atoms with Gasteiger partial charge in [0.2, 0.25) is 5.78 Å². The second-order valence-electron chi connectivity index (χ2n) is 6.03. The number of ketones is 1. The number of esters is 1. The summed E-state index contributed by atoms with van der Waals surface area (Å²) in [7, 11) is 0. The van der Waals surface area contributed by atoms with Gasteiger partial charge in [-0.2, -0.15) is 0 Å². The van der Waals surface area contributed by atoms with Crippen molar-refractivity contribution >= 4 is 22.5 Å². The van der Waals surface area contributed by atoms with Gasteiger partial charge in [0.25, 0.3) is 5.60 Å². The third-order valence-electron chi connectivity index (χ3n) is 4.70. The first-order chi connectivity index (χ1) is 11.6. The van der Waals surface area contributed by atoms with Gasteiger partial charge < -0.3 is 14.2 Å². The Morgan fingerprint density at radius 1 is 0.875 bits per heavy atom. The highest BCUT2D eigenvalue weighted by atomic mass is 16.7. The molecule has 1 unspecified atom stereocenters. The number of fused-ring (bicyclic) bond motifs is 1. The molecule has 0 aromatic heterocycles. The Hall–Kier alpha value is -3.08. The van der Waals surface area contributed by atoms with E-state index in [0.29, 0.717) is 11.5 Å². The van der Waals surface area contributed by atoms with Gasteiger partial charge in [-0.1, -0.05) is 30.3 Å². The van der Waals surface area contributed by atoms with Crippen molar-refractivity contribution in [1.82, 2.24) is 0 Å². The monoisotopic (exact) mass is 320 g/mol. The van der Waals surface area contributed by atoms with E-state index in [9.17, 15) is 9.59 Å². The summed E-state index contributed by atoms with van der Waals surface area (Å²) >= 11 is 0. The van der Waals surface area contributed by atoms with Crippen molar-refractivity contribution in [2.45, 2.75) is 17.8 Å². The molecule has 5 rings (SSSR count). The number of carbonyl (C=O) groups is 2. The molecule has 2 spiro atoms. The fourth-order valence-electron chi connectivity index (χ4n) is 3.59. The molecular weight excluding hydrogens is 308 g/mol. The van der Waals surface area contributed by atoms with Crippen molar-refractivity contribution in [3.63, 3.8) is 0 Å². The smallest absolute Gasteiger partial charge is 0.332 e. The molecule has 2 aliphatic heterocycles. The summed E-state index contributed by atoms with van der Waals surface area (Å²) in [4.78, 5) is 24.4. The van der Waals surface area contributed by atoms with E-state index in [0.717, 1.165) is 10.8 Å². The topological polar surface area (TPSA) is 61.8 Å². The van der Waals surface area contributed by atoms with Gasteiger partial charge in [-0.3, -0.25) is 4.79 Å². The Morgan fingerprint density at radius 2 is 1.58 bits per heavy atom. The van der Waals surface area contributed by atoms with E-state index < -0.39 is 17.4 Å². The molecule has 1 atom stereocenters. The summed E-state index contributed by atoms with van der Waals surface area (Å²) in [5.41, 5.74) is -1.53. The predicted molar refractivity (Wildman–Crippen MR) is 84.7 cm³/mol. The van der Waals surface area contributed by atoms with E-state index in [1.54, 1.807) is 6.08 Å². The minimum atomic E-state index is -1.53. The maximum Gasteiger partial charge on any atom is 0.332 e. The van der Waals surface area contributed by atoms with Gasteiger partial charge in [0.15, 0.2) is 0 Å². The molecule has 3 aliphatic rings. The van der Waals surface area contributed by atoms with Crippen molar-refractivity contribution in [2.75, 3.05) is 0 Å². The molecule has 0 fully saturated rings. The molecule has 2 aromatic rings. The lowest BCUT2D eigenvalue weighted by molar-refractivity contribution is -0.226. The van der Waals surface area contributed by atoms with Crippen LogP contribution in [0.25, 0.3) is 10.8 Å². The van der Waals surface area contributed by atoms with E-state index in [1.807, 2.05) is 36.4 Å². The molecule has 0 saturated heterocycles. The van der Waals surface area contributed by atoms with E-state index in [2.05, 4.69) is 0 Å². The van der Waals surface area contributed by atoms with Crippen molar-refractivity contribution in [1.29, 1.82) is 0 Å². The molecule has 2 heterocycles. The van der Waals surface area contributed by atoms with Crippen LogP contribution in [0.1, 0.15) is 6.42 Å². The zero-order valence-corrected chi connectivity index (χ0v) is 12.5. The summed E-state index contributed by atoms with van der Waals surface area (Å²) in [5, 5.41) is 1.81. The average molecular weight is 320 g/mol. The zero-order valence-electron chi connectivity index (χ0n) is 12.5. The van der Waals surface area contributed by atoms with E-state index in [-0.39, 0.29) is 12.2 Å². The molecule has 0 amide bonds. The molecular formula is C19H12O5. The summed E-state index contributed by atoms with van der Waals surface area (Å²) in [6.07, 6.45) is 6.01. The molecule has 0 radical (unpaired) electrons. The average Bonchev–Trinajstić information content (AvgIpc) is 2.94. The van der Waals surface area contributed by atoms with Crippen LogP contribution in [0.4, 0.5) is 0 Å². The summed E-state index contributed by atoms with van der Waals surface area (Å²) in [5.74, 6) is -1.25. The highest BCUT2D eigenvalue weighted by molar-refractivity contribution is 6.04. The number of hydrogen-bond donors (Lipinski definition) is 0. The number of ether oxygens (including phenoxy) is 3. The lowest BCUT2D eigenvalue weighted by atomic mass is 9.85. The molecule has 24 heavy (non-hydrogen) atoms.